The molecule has 0 aromatic heterocycles. The zero-order valence-corrected chi connectivity index (χ0v) is 15.1. The maximum Gasteiger partial charge on any atom is 0.317 e. The van der Waals surface area contributed by atoms with Gasteiger partial charge in [-0.3, -0.25) is 0 Å². The summed E-state index contributed by atoms with van der Waals surface area (Å²) in [6, 6.07) is 10.2. The van der Waals surface area contributed by atoms with E-state index in [-0.39, 0.29) is 6.03 Å². The largest absolute Gasteiger partial charge is 0.335 e. The third-order valence-corrected chi connectivity index (χ3v) is 6.03. The maximum absolute atomic E-state index is 12.6. The Morgan fingerprint density at radius 3 is 2.44 bits per heavy atom. The smallest absolute Gasteiger partial charge is 0.317 e. The summed E-state index contributed by atoms with van der Waals surface area (Å²) in [5.74, 6) is 0.540. The Labute approximate surface area is 150 Å². The summed E-state index contributed by atoms with van der Waals surface area (Å²) in [6.07, 6.45) is 10.3. The van der Waals surface area contributed by atoms with E-state index in [0.29, 0.717) is 24.0 Å². The second-order valence-electron chi connectivity index (χ2n) is 7.76. The first-order chi connectivity index (χ1) is 12.2. The number of urea groups is 1. The fourth-order valence-electron chi connectivity index (χ4n) is 4.69. The minimum atomic E-state index is 0.144. The molecule has 1 unspecified atom stereocenters. The number of carbonyl (C=O) groups excluding carboxylic acids is 1. The van der Waals surface area contributed by atoms with Crippen LogP contribution in [0.2, 0.25) is 0 Å². The van der Waals surface area contributed by atoms with E-state index in [4.69, 9.17) is 0 Å². The van der Waals surface area contributed by atoms with E-state index < -0.39 is 0 Å². The molecule has 0 radical (unpaired) electrons. The lowest BCUT2D eigenvalue weighted by Crippen LogP contribution is -2.73. The van der Waals surface area contributed by atoms with Crippen molar-refractivity contribution in [2.75, 3.05) is 13.1 Å². The first kappa shape index (κ1) is 16.6. The SMILES string of the molecule is CC=Cc1ccc(C2[C@@H]3CN(C(=O)NC4CCCCC4)C[C@H]2N3)cc1. The van der Waals surface area contributed by atoms with Crippen molar-refractivity contribution < 1.29 is 4.79 Å². The van der Waals surface area contributed by atoms with Crippen molar-refractivity contribution in [2.24, 2.45) is 0 Å². The van der Waals surface area contributed by atoms with Crippen LogP contribution in [0.5, 0.6) is 0 Å². The molecule has 0 spiro atoms. The molecule has 134 valence electrons. The number of nitrogens with zero attached hydrogens (tertiary/aromatic N) is 1. The Balaban J connectivity index is 1.34. The summed E-state index contributed by atoms with van der Waals surface area (Å²) < 4.78 is 0. The van der Waals surface area contributed by atoms with Crippen LogP contribution in [-0.4, -0.2) is 42.1 Å². The van der Waals surface area contributed by atoms with Crippen LogP contribution >= 0.6 is 0 Å². The summed E-state index contributed by atoms with van der Waals surface area (Å²) in [7, 11) is 0. The monoisotopic (exact) mass is 339 g/mol. The molecule has 1 aromatic carbocycles. The molecule has 4 heteroatoms. The number of fused-ring (bicyclic) bond motifs is 2. The van der Waals surface area contributed by atoms with Gasteiger partial charge in [0, 0.05) is 37.1 Å². The molecule has 3 atom stereocenters. The average molecular weight is 339 g/mol. The van der Waals surface area contributed by atoms with Crippen LogP contribution in [0.4, 0.5) is 4.79 Å². The third-order valence-electron chi connectivity index (χ3n) is 6.03. The molecular weight excluding hydrogens is 310 g/mol. The minimum Gasteiger partial charge on any atom is -0.335 e. The van der Waals surface area contributed by atoms with E-state index in [9.17, 15) is 4.79 Å². The van der Waals surface area contributed by atoms with Crippen LogP contribution in [0.3, 0.4) is 0 Å². The summed E-state index contributed by atoms with van der Waals surface area (Å²) in [6.45, 7) is 3.67. The highest BCUT2D eigenvalue weighted by atomic mass is 16.2. The molecule has 1 saturated carbocycles. The molecule has 2 N–H and O–H groups in total. The molecule has 4 fully saturated rings. The second-order valence-corrected chi connectivity index (χ2v) is 7.76. The van der Waals surface area contributed by atoms with Gasteiger partial charge in [0.2, 0.25) is 0 Å². The van der Waals surface area contributed by atoms with Gasteiger partial charge in [0.05, 0.1) is 0 Å². The number of rotatable bonds is 3. The highest BCUT2D eigenvalue weighted by Gasteiger charge is 2.48. The topological polar surface area (TPSA) is 44.4 Å². The number of hydrogen-bond acceptors (Lipinski definition) is 2. The lowest BCUT2D eigenvalue weighted by atomic mass is 9.74. The Bertz CT molecular complexity index is 621. The quantitative estimate of drug-likeness (QED) is 0.885. The molecule has 4 aliphatic rings. The molecule has 3 aliphatic heterocycles. The Kier molecular flexibility index (Phi) is 4.80. The summed E-state index contributed by atoms with van der Waals surface area (Å²) >= 11 is 0. The Morgan fingerprint density at radius 1 is 1.12 bits per heavy atom. The van der Waals surface area contributed by atoms with Crippen molar-refractivity contribution >= 4 is 12.1 Å². The number of piperazine rings is 1. The molecule has 25 heavy (non-hydrogen) atoms. The van der Waals surface area contributed by atoms with Crippen LogP contribution in [0.1, 0.15) is 56.1 Å². The Morgan fingerprint density at radius 2 is 1.80 bits per heavy atom. The van der Waals surface area contributed by atoms with Crippen LogP contribution in [0, 0.1) is 0 Å². The van der Waals surface area contributed by atoms with E-state index in [1.165, 1.54) is 30.4 Å². The van der Waals surface area contributed by atoms with Gasteiger partial charge in [-0.15, -0.1) is 0 Å². The van der Waals surface area contributed by atoms with E-state index >= 15 is 0 Å². The van der Waals surface area contributed by atoms with E-state index in [1.807, 2.05) is 11.8 Å². The zero-order chi connectivity index (χ0) is 17.2. The highest BCUT2D eigenvalue weighted by Crippen LogP contribution is 2.37. The molecule has 3 saturated heterocycles. The minimum absolute atomic E-state index is 0.144. The van der Waals surface area contributed by atoms with Gasteiger partial charge in [-0.2, -0.15) is 0 Å². The predicted octanol–water partition coefficient (Wildman–Crippen LogP) is 3.50. The van der Waals surface area contributed by atoms with Gasteiger partial charge in [0.25, 0.3) is 0 Å². The first-order valence-electron chi connectivity index (χ1n) is 9.79. The molecule has 4 nitrogen and oxygen atoms in total. The molecule has 5 rings (SSSR count). The number of hydrogen-bond donors (Lipinski definition) is 2. The van der Waals surface area contributed by atoms with Crippen molar-refractivity contribution in [1.82, 2.24) is 15.5 Å². The third kappa shape index (κ3) is 3.45. The van der Waals surface area contributed by atoms with Gasteiger partial charge in [-0.05, 0) is 30.9 Å². The van der Waals surface area contributed by atoms with Gasteiger partial charge in [-0.25, -0.2) is 4.79 Å². The molecule has 1 aromatic rings. The summed E-state index contributed by atoms with van der Waals surface area (Å²) in [5.41, 5.74) is 2.64. The Hall–Kier alpha value is -1.81. The van der Waals surface area contributed by atoms with Gasteiger partial charge in [0.15, 0.2) is 0 Å². The highest BCUT2D eigenvalue weighted by molar-refractivity contribution is 5.75. The fraction of sp³-hybridized carbons (Fsp3) is 0.571. The first-order valence-corrected chi connectivity index (χ1v) is 9.79. The lowest BCUT2D eigenvalue weighted by molar-refractivity contribution is 0.0694. The molecule has 1 aliphatic carbocycles. The molecular formula is C21H29N3O. The van der Waals surface area contributed by atoms with Crippen molar-refractivity contribution in [3.63, 3.8) is 0 Å². The van der Waals surface area contributed by atoms with E-state index in [1.54, 1.807) is 0 Å². The maximum atomic E-state index is 12.6. The van der Waals surface area contributed by atoms with E-state index in [0.717, 1.165) is 25.9 Å². The van der Waals surface area contributed by atoms with Crippen molar-refractivity contribution in [2.45, 2.75) is 63.1 Å². The zero-order valence-electron chi connectivity index (χ0n) is 15.1. The van der Waals surface area contributed by atoms with Gasteiger partial charge >= 0.3 is 6.03 Å². The molecule has 3 heterocycles. The second kappa shape index (κ2) is 7.20. The van der Waals surface area contributed by atoms with Crippen LogP contribution in [0.25, 0.3) is 6.08 Å². The van der Waals surface area contributed by atoms with Crippen molar-refractivity contribution in [1.29, 1.82) is 0 Å². The predicted molar refractivity (Wildman–Crippen MR) is 102 cm³/mol. The van der Waals surface area contributed by atoms with Gasteiger partial charge < -0.3 is 15.5 Å². The van der Waals surface area contributed by atoms with Crippen molar-refractivity contribution in [3.8, 4) is 0 Å². The normalized spacial score (nSPS) is 29.5. The van der Waals surface area contributed by atoms with Crippen molar-refractivity contribution in [3.05, 3.63) is 41.5 Å². The van der Waals surface area contributed by atoms with Gasteiger partial charge in [0.1, 0.15) is 0 Å². The number of carbonyl (C=O) groups is 1. The summed E-state index contributed by atoms with van der Waals surface area (Å²) in [4.78, 5) is 14.6. The number of allylic oxidation sites excluding steroid dienone is 1. The number of benzene rings is 1. The number of nitrogens with one attached hydrogen (secondary N) is 2. The number of amides is 2. The van der Waals surface area contributed by atoms with Crippen LogP contribution in [0.15, 0.2) is 30.3 Å². The summed E-state index contributed by atoms with van der Waals surface area (Å²) in [5, 5.41) is 6.88. The van der Waals surface area contributed by atoms with Gasteiger partial charge in [-0.1, -0.05) is 55.7 Å². The van der Waals surface area contributed by atoms with Crippen LogP contribution in [-0.2, 0) is 0 Å². The lowest BCUT2D eigenvalue weighted by Gasteiger charge is -2.54. The standard InChI is InChI=1S/C21H29N3O/c1-2-6-15-9-11-16(12-10-15)20-18-13-24(14-19(20)23-18)21(25)22-17-7-4-3-5-8-17/h2,6,9-12,17-20,23H,3-5,7-8,13-14H2,1H3,(H,22,25)/t18-,19+,20?. The molecule has 2 bridgehead atoms. The number of piperidine rings is 1. The van der Waals surface area contributed by atoms with Crippen LogP contribution < -0.4 is 10.6 Å². The molecule has 2 amide bonds. The average Bonchev–Trinajstić information content (AvgIpc) is 2.64. The fourth-order valence-corrected chi connectivity index (χ4v) is 4.69. The van der Waals surface area contributed by atoms with E-state index in [2.05, 4.69) is 47.1 Å².